The van der Waals surface area contributed by atoms with Gasteiger partial charge in [0.15, 0.2) is 98.4 Å². The van der Waals surface area contributed by atoms with Crippen molar-refractivity contribution in [2.45, 2.75) is 168 Å². The molecule has 0 radical (unpaired) electrons. The lowest BCUT2D eigenvalue weighted by Crippen LogP contribution is -2.66. The smallest absolute Gasteiger partial charge is 0.338 e. The number of carbonyl (C=O) groups excluding carboxylic acids is 12. The third-order valence-electron chi connectivity index (χ3n) is 24.6. The van der Waals surface area contributed by atoms with Crippen molar-refractivity contribution in [2.75, 3.05) is 33.0 Å². The van der Waals surface area contributed by atoms with E-state index >= 15 is 38.4 Å². The van der Waals surface area contributed by atoms with Gasteiger partial charge in [-0.25, -0.2) is 57.5 Å². The van der Waals surface area contributed by atoms with E-state index in [1.54, 1.807) is 121 Å². The van der Waals surface area contributed by atoms with Gasteiger partial charge in [-0.3, -0.25) is 0 Å². The van der Waals surface area contributed by atoms with E-state index < -0.39 is 221 Å². The highest BCUT2D eigenvalue weighted by atomic mass is 16.8. The van der Waals surface area contributed by atoms with Gasteiger partial charge in [0.05, 0.1) is 93.2 Å². The Kier molecular flexibility index (Phi) is 37.5. The van der Waals surface area contributed by atoms with Crippen molar-refractivity contribution in [3.8, 4) is 0 Å². The van der Waals surface area contributed by atoms with Crippen LogP contribution in [-0.4, -0.2) is 233 Å². The molecule has 768 valence electrons. The van der Waals surface area contributed by atoms with Crippen LogP contribution in [0, 0.1) is 0 Å². The molecule has 0 spiro atoms. The molecule has 33 nitrogen and oxygen atoms in total. The van der Waals surface area contributed by atoms with Crippen LogP contribution >= 0.6 is 0 Å². The summed E-state index contributed by atoms with van der Waals surface area (Å²) in [4.78, 5) is 182. The van der Waals surface area contributed by atoms with Gasteiger partial charge in [0.25, 0.3) is 0 Å². The lowest BCUT2D eigenvalue weighted by atomic mass is 9.96. The van der Waals surface area contributed by atoms with Crippen LogP contribution in [-0.2, 0) is 94.7 Å². The molecule has 33 heteroatoms. The molecule has 4 aliphatic heterocycles. The van der Waals surface area contributed by atoms with E-state index in [9.17, 15) is 24.3 Å². The van der Waals surface area contributed by atoms with E-state index in [0.717, 1.165) is 25.7 Å². The monoisotopic (exact) mass is 2030 g/mol. The molecule has 16 rings (SSSR count). The van der Waals surface area contributed by atoms with E-state index in [4.69, 9.17) is 94.7 Å². The molecule has 0 unspecified atom stereocenters. The van der Waals surface area contributed by atoms with Crippen molar-refractivity contribution >= 4 is 71.6 Å². The molecule has 1 N–H and O–H groups in total. The molecule has 12 aromatic rings. The molecular weight excluding hydrogens is 1920 g/mol. The number of carbonyl (C=O) groups is 12. The summed E-state index contributed by atoms with van der Waals surface area (Å²) in [5.74, 6) is -13.1. The second-order valence-electron chi connectivity index (χ2n) is 34.8. The first-order valence-electron chi connectivity index (χ1n) is 48.6. The standard InChI is InChI=1S/C116H106O33/c1-2-3-4-5-6-43-68-130-113-97(146-109(126)81-60-35-15-36-61-81)94(143-106(123)78-54-29-12-30-55-78)90(139-102(119)74-46-21-8-22-47-74)86(135-113)70-132-115-99(148-111(128)83-64-39-17-40-65-83)96(145-108(125)80-58-33-14-34-59-80)92(141-104(121)76-50-25-10-26-51-76)88(137-115)72-133-116-100(149-112(129)84-66-41-18-42-67-84)95(144-107(124)79-56-31-13-32-57-79)91(140-103(120)75-48-23-9-24-49-75)87(136-116)71-131-114-98(147-110(127)82-62-37-16-38-63-82)93(142-105(122)77-52-27-11-28-53-77)89(85(69-117)134-114)138-101(118)73-44-19-7-20-45-73/h7-42,44-67,85-100,113-117H,2-6,43,68-72H2,1H3/t85-,86-,87-,88-,89-,90-,91-,92-,93+,94+,95+,96+,97+,98+,99+,100+,113+,114+,115+,116+/m1/s1. The molecule has 0 bridgehead atoms. The minimum atomic E-state index is -2.31. The summed E-state index contributed by atoms with van der Waals surface area (Å²) in [7, 11) is 0. The summed E-state index contributed by atoms with van der Waals surface area (Å²) in [5, 5.41) is 11.6. The number of hydrogen-bond acceptors (Lipinski definition) is 33. The lowest BCUT2D eigenvalue weighted by Gasteiger charge is -2.48. The maximum Gasteiger partial charge on any atom is 0.338 e. The first kappa shape index (κ1) is 106. The van der Waals surface area contributed by atoms with E-state index in [1.807, 2.05) is 0 Å². The summed E-state index contributed by atoms with van der Waals surface area (Å²) in [6.45, 7) is -2.17. The molecule has 0 aromatic heterocycles. The maximum atomic E-state index is 15.5. The van der Waals surface area contributed by atoms with E-state index in [0.29, 0.717) is 12.8 Å². The topological polar surface area (TPSA) is 410 Å². The SMILES string of the molecule is CCCCCCCCO[C@H]1O[C@H](CO[C@H]2O[C@H](CO[C@H]3O[C@H](CO[C@H]4O[C@H](CO)[C@@H](OC(=O)c5ccccc5)[C@H](OC(=O)c5ccccc5)[C@@H]4OC(=O)c4ccccc4)[C@@H](OC(=O)c4ccccc4)[C@H](OC(=O)c4ccccc4)[C@@H]3OC(=O)c3ccccc3)[C@@H](OC(=O)c3ccccc3)[C@H](OC(=O)c3ccccc3)[C@@H]2OC(=O)c2ccccc2)[C@@H](OC(=O)c2ccccc2)[C@H](OC(=O)c2ccccc2)[C@@H]1OC(=O)c1ccccc1. The van der Waals surface area contributed by atoms with Crippen LogP contribution < -0.4 is 0 Å². The molecule has 0 aliphatic carbocycles. The Morgan fingerprint density at radius 1 is 0.188 bits per heavy atom. The summed E-state index contributed by atoms with van der Waals surface area (Å²) in [6, 6.07) is 90.4. The van der Waals surface area contributed by atoms with Crippen molar-refractivity contribution in [1.82, 2.24) is 0 Å². The summed E-state index contributed by atoms with van der Waals surface area (Å²) in [5.41, 5.74) is -0.890. The summed E-state index contributed by atoms with van der Waals surface area (Å²) < 4.78 is 134. The van der Waals surface area contributed by atoms with Crippen molar-refractivity contribution in [3.63, 3.8) is 0 Å². The second kappa shape index (κ2) is 52.8. The predicted octanol–water partition coefficient (Wildman–Crippen LogP) is 16.0. The zero-order valence-electron chi connectivity index (χ0n) is 80.5. The Morgan fingerprint density at radius 3 is 0.517 bits per heavy atom. The molecule has 0 amide bonds. The molecule has 4 aliphatic rings. The van der Waals surface area contributed by atoms with E-state index in [2.05, 4.69) is 6.92 Å². The zero-order chi connectivity index (χ0) is 104. The first-order valence-corrected chi connectivity index (χ1v) is 48.6. The van der Waals surface area contributed by atoms with Crippen LogP contribution in [0.1, 0.15) is 170 Å². The van der Waals surface area contributed by atoms with Gasteiger partial charge in [-0.2, -0.15) is 0 Å². The van der Waals surface area contributed by atoms with Gasteiger partial charge < -0.3 is 99.8 Å². The molecule has 4 saturated heterocycles. The van der Waals surface area contributed by atoms with Crippen LogP contribution in [0.2, 0.25) is 0 Å². The van der Waals surface area contributed by atoms with Crippen LogP contribution in [0.25, 0.3) is 0 Å². The molecule has 20 atom stereocenters. The number of aliphatic hydroxyl groups excluding tert-OH is 1. The Hall–Kier alpha value is -16.1. The molecule has 0 saturated carbocycles. The summed E-state index contributed by atoms with van der Waals surface area (Å²) in [6.07, 6.45) is -36.0. The average molecular weight is 2030 g/mol. The largest absolute Gasteiger partial charge is 0.452 e. The van der Waals surface area contributed by atoms with E-state index in [1.165, 1.54) is 243 Å². The Balaban J connectivity index is 0.847. The van der Waals surface area contributed by atoms with Crippen LogP contribution in [0.4, 0.5) is 0 Å². The van der Waals surface area contributed by atoms with Gasteiger partial charge >= 0.3 is 71.6 Å². The number of unbranched alkanes of at least 4 members (excludes halogenated alkanes) is 5. The van der Waals surface area contributed by atoms with Crippen LogP contribution in [0.15, 0.2) is 364 Å². The van der Waals surface area contributed by atoms with Crippen molar-refractivity contribution in [1.29, 1.82) is 0 Å². The fourth-order valence-corrected chi connectivity index (χ4v) is 17.0. The summed E-state index contributed by atoms with van der Waals surface area (Å²) >= 11 is 0. The Labute approximate surface area is 856 Å². The van der Waals surface area contributed by atoms with Crippen LogP contribution in [0.3, 0.4) is 0 Å². The minimum absolute atomic E-state index is 0.0111. The van der Waals surface area contributed by atoms with Crippen molar-refractivity contribution in [2.24, 2.45) is 0 Å². The third-order valence-corrected chi connectivity index (χ3v) is 24.6. The minimum Gasteiger partial charge on any atom is -0.452 e. The number of aliphatic hydroxyl groups is 1. The highest BCUT2D eigenvalue weighted by Crippen LogP contribution is 2.41. The number of esters is 12. The third kappa shape index (κ3) is 28.0. The Morgan fingerprint density at radius 2 is 0.336 bits per heavy atom. The average Bonchev–Trinajstić information content (AvgIpc) is 0.767. The molecular formula is C116H106O33. The van der Waals surface area contributed by atoms with Gasteiger partial charge in [0, 0.05) is 6.61 Å². The highest BCUT2D eigenvalue weighted by molar-refractivity contribution is 5.96. The fourth-order valence-electron chi connectivity index (χ4n) is 17.0. The van der Waals surface area contributed by atoms with Gasteiger partial charge in [0.2, 0.25) is 0 Å². The van der Waals surface area contributed by atoms with E-state index in [-0.39, 0.29) is 73.4 Å². The quantitative estimate of drug-likeness (QED) is 0.0211. The van der Waals surface area contributed by atoms with Crippen LogP contribution in [0.5, 0.6) is 0 Å². The zero-order valence-corrected chi connectivity index (χ0v) is 80.5. The molecule has 149 heavy (non-hydrogen) atoms. The molecule has 4 fully saturated rings. The highest BCUT2D eigenvalue weighted by Gasteiger charge is 2.61. The lowest BCUT2D eigenvalue weighted by molar-refractivity contribution is -0.345. The number of rotatable bonds is 42. The second-order valence-corrected chi connectivity index (χ2v) is 34.8. The molecule has 4 heterocycles. The van der Waals surface area contributed by atoms with Crippen molar-refractivity contribution < 1.29 is 157 Å². The van der Waals surface area contributed by atoms with Gasteiger partial charge in [0.1, 0.15) is 24.4 Å². The normalized spacial score (nSPS) is 23.3. The number of benzene rings is 12. The number of ether oxygens (including phenoxy) is 20. The Bertz CT molecular complexity index is 6400. The van der Waals surface area contributed by atoms with Gasteiger partial charge in [-0.15, -0.1) is 0 Å². The predicted molar refractivity (Wildman–Crippen MR) is 527 cm³/mol. The van der Waals surface area contributed by atoms with Gasteiger partial charge in [-0.1, -0.05) is 257 Å². The first-order chi connectivity index (χ1) is 72.8. The molecule has 12 aromatic carbocycles. The van der Waals surface area contributed by atoms with Gasteiger partial charge in [-0.05, 0) is 152 Å². The number of hydrogen-bond donors (Lipinski definition) is 1. The fraction of sp³-hybridized carbons (Fsp3) is 0.276. The van der Waals surface area contributed by atoms with Crippen molar-refractivity contribution in [3.05, 3.63) is 431 Å². The maximum absolute atomic E-state index is 15.5.